The number of benzene rings is 2. The molecule has 2 aromatic carbocycles. The van der Waals surface area contributed by atoms with Crippen LogP contribution in [0.15, 0.2) is 36.4 Å². The minimum Gasteiger partial charge on any atom is -0.385 e. The Balaban J connectivity index is 1.24. The largest absolute Gasteiger partial charge is 0.385 e. The van der Waals surface area contributed by atoms with Gasteiger partial charge in [0.1, 0.15) is 17.7 Å². The molecule has 0 aromatic heterocycles. The molecule has 3 heterocycles. The number of aliphatic hydroxyl groups is 1. The maximum absolute atomic E-state index is 15.7. The van der Waals surface area contributed by atoms with Gasteiger partial charge in [-0.15, -0.1) is 0 Å². The van der Waals surface area contributed by atoms with Crippen molar-refractivity contribution in [3.8, 4) is 0 Å². The number of likely N-dealkylation sites (N-methyl/N-ethyl adjacent to an activating group) is 1. The van der Waals surface area contributed by atoms with Gasteiger partial charge in [0.05, 0.1) is 23.3 Å². The van der Waals surface area contributed by atoms with Gasteiger partial charge < -0.3 is 19.8 Å². The lowest BCUT2D eigenvalue weighted by Gasteiger charge is -2.39. The third-order valence-electron chi connectivity index (χ3n) is 7.97. The number of piperidine rings is 2. The maximum Gasteiger partial charge on any atom is 0.255 e. The topological polar surface area (TPSA) is 93.2 Å². The SMILES string of the molecule is CN(CCN1CCC(O)(c2c(F)cc3c(c2F)CN(C2CCC(=O)NC2=O)C3=O)CC1)Cc1ccccc1. The van der Waals surface area contributed by atoms with Crippen molar-refractivity contribution in [2.75, 3.05) is 33.2 Å². The fraction of sp³-hybridized carbons (Fsp3) is 0.464. The van der Waals surface area contributed by atoms with Crippen LogP contribution in [0.1, 0.15) is 52.7 Å². The van der Waals surface area contributed by atoms with Gasteiger partial charge >= 0.3 is 0 Å². The van der Waals surface area contributed by atoms with E-state index in [-0.39, 0.29) is 43.4 Å². The molecule has 2 saturated heterocycles. The summed E-state index contributed by atoms with van der Waals surface area (Å²) in [6.45, 7) is 3.14. The first-order chi connectivity index (χ1) is 18.2. The third-order valence-corrected chi connectivity index (χ3v) is 7.97. The highest BCUT2D eigenvalue weighted by Gasteiger charge is 2.45. The molecule has 3 aliphatic rings. The minimum atomic E-state index is -1.69. The van der Waals surface area contributed by atoms with Gasteiger partial charge in [-0.3, -0.25) is 19.7 Å². The summed E-state index contributed by atoms with van der Waals surface area (Å²) < 4.78 is 31.0. The number of imide groups is 1. The van der Waals surface area contributed by atoms with Crippen molar-refractivity contribution in [2.24, 2.45) is 0 Å². The van der Waals surface area contributed by atoms with Crippen molar-refractivity contribution >= 4 is 17.7 Å². The molecule has 0 spiro atoms. The van der Waals surface area contributed by atoms with E-state index in [2.05, 4.69) is 27.2 Å². The second kappa shape index (κ2) is 10.5. The molecule has 0 saturated carbocycles. The van der Waals surface area contributed by atoms with Gasteiger partial charge in [0, 0.05) is 44.7 Å². The van der Waals surface area contributed by atoms with Crippen molar-refractivity contribution in [3.63, 3.8) is 0 Å². The molecule has 8 nitrogen and oxygen atoms in total. The monoisotopic (exact) mass is 526 g/mol. The number of amides is 3. The average Bonchev–Trinajstić information content (AvgIpc) is 3.20. The first-order valence-corrected chi connectivity index (χ1v) is 13.0. The number of nitrogens with one attached hydrogen (secondary N) is 1. The first-order valence-electron chi connectivity index (χ1n) is 13.0. The van der Waals surface area contributed by atoms with Crippen LogP contribution in [0.2, 0.25) is 0 Å². The molecular formula is C28H32F2N4O4. The van der Waals surface area contributed by atoms with E-state index in [0.29, 0.717) is 13.1 Å². The molecule has 10 heteroatoms. The van der Waals surface area contributed by atoms with Crippen molar-refractivity contribution in [1.82, 2.24) is 20.0 Å². The normalized spacial score (nSPS) is 21.7. The van der Waals surface area contributed by atoms with Crippen LogP contribution in [0.4, 0.5) is 8.78 Å². The lowest BCUT2D eigenvalue weighted by molar-refractivity contribution is -0.136. The van der Waals surface area contributed by atoms with E-state index < -0.39 is 46.6 Å². The zero-order valence-electron chi connectivity index (χ0n) is 21.4. The summed E-state index contributed by atoms with van der Waals surface area (Å²) in [4.78, 5) is 42.3. The molecule has 2 aromatic rings. The van der Waals surface area contributed by atoms with Crippen LogP contribution in [-0.2, 0) is 28.3 Å². The molecule has 0 bridgehead atoms. The standard InChI is InChI=1S/C28H32F2N4O4/c1-32(16-18-5-3-2-4-6-18)13-14-33-11-9-28(38,10-12-33)24-21(29)15-19-20(25(24)30)17-34(27(19)37)22-7-8-23(35)31-26(22)36/h2-6,15,22,38H,7-14,16-17H2,1H3,(H,31,35,36). The predicted molar refractivity (Wildman–Crippen MR) is 135 cm³/mol. The fourth-order valence-corrected chi connectivity index (χ4v) is 5.74. The Morgan fingerprint density at radius 2 is 1.84 bits per heavy atom. The van der Waals surface area contributed by atoms with Crippen molar-refractivity contribution < 1.29 is 28.3 Å². The molecule has 5 rings (SSSR count). The van der Waals surface area contributed by atoms with Crippen LogP contribution in [0, 0.1) is 11.6 Å². The second-order valence-electron chi connectivity index (χ2n) is 10.6. The summed E-state index contributed by atoms with van der Waals surface area (Å²) in [6.07, 6.45) is 0.512. The lowest BCUT2D eigenvalue weighted by atomic mass is 9.82. The van der Waals surface area contributed by atoms with E-state index in [1.165, 1.54) is 10.5 Å². The molecular weight excluding hydrogens is 494 g/mol. The average molecular weight is 527 g/mol. The van der Waals surface area contributed by atoms with Crippen molar-refractivity contribution in [1.29, 1.82) is 0 Å². The smallest absolute Gasteiger partial charge is 0.255 e. The number of likely N-dealkylation sites (tertiary alicyclic amines) is 1. The highest BCUT2D eigenvalue weighted by molar-refractivity contribution is 6.05. The minimum absolute atomic E-state index is 0.0190. The van der Waals surface area contributed by atoms with Gasteiger partial charge in [0.15, 0.2) is 0 Å². The number of hydrogen-bond acceptors (Lipinski definition) is 6. The molecule has 1 unspecified atom stereocenters. The highest BCUT2D eigenvalue weighted by atomic mass is 19.1. The molecule has 38 heavy (non-hydrogen) atoms. The maximum atomic E-state index is 15.7. The summed E-state index contributed by atoms with van der Waals surface area (Å²) in [6, 6.07) is 10.2. The van der Waals surface area contributed by atoms with E-state index in [1.807, 2.05) is 25.2 Å². The lowest BCUT2D eigenvalue weighted by Crippen LogP contribution is -2.52. The van der Waals surface area contributed by atoms with Crippen LogP contribution in [0.3, 0.4) is 0 Å². The summed E-state index contributed by atoms with van der Waals surface area (Å²) in [5.41, 5.74) is -1.04. The Hall–Kier alpha value is -3.21. The zero-order valence-corrected chi connectivity index (χ0v) is 21.4. The Morgan fingerprint density at radius 1 is 1.13 bits per heavy atom. The van der Waals surface area contributed by atoms with Crippen LogP contribution >= 0.6 is 0 Å². The molecule has 3 aliphatic heterocycles. The van der Waals surface area contributed by atoms with E-state index >= 15 is 8.78 Å². The molecule has 202 valence electrons. The van der Waals surface area contributed by atoms with Crippen molar-refractivity contribution in [3.05, 3.63) is 70.3 Å². The highest BCUT2D eigenvalue weighted by Crippen LogP contribution is 2.40. The molecule has 0 radical (unpaired) electrons. The van der Waals surface area contributed by atoms with Crippen LogP contribution in [-0.4, -0.2) is 76.8 Å². The molecule has 2 fully saturated rings. The number of fused-ring (bicyclic) bond motifs is 1. The number of carbonyl (C=O) groups excluding carboxylic acids is 3. The zero-order chi connectivity index (χ0) is 27.0. The summed E-state index contributed by atoms with van der Waals surface area (Å²) in [5.74, 6) is -3.59. The van der Waals surface area contributed by atoms with E-state index in [4.69, 9.17) is 0 Å². The Kier molecular flexibility index (Phi) is 7.30. The first kappa shape index (κ1) is 26.4. The Labute approximate surface area is 220 Å². The number of rotatable bonds is 7. The molecule has 3 amide bonds. The Morgan fingerprint density at radius 3 is 2.53 bits per heavy atom. The summed E-state index contributed by atoms with van der Waals surface area (Å²) >= 11 is 0. The Bertz CT molecular complexity index is 1250. The fourth-order valence-electron chi connectivity index (χ4n) is 5.74. The third kappa shape index (κ3) is 5.08. The quantitative estimate of drug-likeness (QED) is 0.538. The van der Waals surface area contributed by atoms with Crippen LogP contribution in [0.5, 0.6) is 0 Å². The predicted octanol–water partition coefficient (Wildman–Crippen LogP) is 2.14. The molecule has 2 N–H and O–H groups in total. The van der Waals surface area contributed by atoms with E-state index in [1.54, 1.807) is 0 Å². The van der Waals surface area contributed by atoms with Gasteiger partial charge in [-0.05, 0) is 37.9 Å². The van der Waals surface area contributed by atoms with E-state index in [9.17, 15) is 19.5 Å². The van der Waals surface area contributed by atoms with Gasteiger partial charge in [-0.25, -0.2) is 8.78 Å². The van der Waals surface area contributed by atoms with Gasteiger partial charge in [0.25, 0.3) is 5.91 Å². The van der Waals surface area contributed by atoms with Gasteiger partial charge in [-0.2, -0.15) is 0 Å². The van der Waals surface area contributed by atoms with Gasteiger partial charge in [0.2, 0.25) is 11.8 Å². The molecule has 0 aliphatic carbocycles. The number of nitrogens with zero attached hydrogens (tertiary/aromatic N) is 3. The van der Waals surface area contributed by atoms with Crippen LogP contribution in [0.25, 0.3) is 0 Å². The van der Waals surface area contributed by atoms with Crippen molar-refractivity contribution in [2.45, 2.75) is 50.4 Å². The number of hydrogen-bond donors (Lipinski definition) is 2. The van der Waals surface area contributed by atoms with Crippen LogP contribution < -0.4 is 5.32 Å². The second-order valence-corrected chi connectivity index (χ2v) is 10.6. The van der Waals surface area contributed by atoms with Gasteiger partial charge in [-0.1, -0.05) is 30.3 Å². The number of carbonyl (C=O) groups is 3. The number of halogens is 2. The van der Waals surface area contributed by atoms with E-state index in [0.717, 1.165) is 25.7 Å². The summed E-state index contributed by atoms with van der Waals surface area (Å²) in [7, 11) is 2.04. The molecule has 1 atom stereocenters. The summed E-state index contributed by atoms with van der Waals surface area (Å²) in [5, 5.41) is 13.6.